The zero-order chi connectivity index (χ0) is 24.8. The predicted molar refractivity (Wildman–Crippen MR) is 134 cm³/mol. The minimum atomic E-state index is -0.939. The molecule has 0 aliphatic rings. The van der Waals surface area contributed by atoms with Crippen LogP contribution in [0.25, 0.3) is 10.9 Å². The number of H-pyrrole nitrogens is 1. The summed E-state index contributed by atoms with van der Waals surface area (Å²) in [6.07, 6.45) is 2.17. The molecule has 0 saturated carbocycles. The second-order valence-corrected chi connectivity index (χ2v) is 8.50. The Morgan fingerprint density at radius 1 is 1.11 bits per heavy atom. The molecule has 4 rings (SSSR count). The van der Waals surface area contributed by atoms with Gasteiger partial charge in [0.1, 0.15) is 18.5 Å². The van der Waals surface area contributed by atoms with Crippen molar-refractivity contribution in [2.45, 2.75) is 32.5 Å². The summed E-state index contributed by atoms with van der Waals surface area (Å²) in [4.78, 5) is 15.1. The van der Waals surface area contributed by atoms with Crippen LogP contribution in [0.3, 0.4) is 0 Å². The Morgan fingerprint density at radius 2 is 1.89 bits per heavy atom. The van der Waals surface area contributed by atoms with Crippen molar-refractivity contribution in [3.8, 4) is 11.5 Å². The molecule has 0 aliphatic heterocycles. The van der Waals surface area contributed by atoms with Gasteiger partial charge < -0.3 is 24.9 Å². The van der Waals surface area contributed by atoms with Gasteiger partial charge in [-0.25, -0.2) is 4.39 Å². The Labute approximate surface area is 207 Å². The molecule has 0 amide bonds. The van der Waals surface area contributed by atoms with Crippen LogP contribution in [0.15, 0.2) is 66.9 Å². The number of para-hydroxylation sites is 1. The van der Waals surface area contributed by atoms with E-state index in [0.29, 0.717) is 29.5 Å². The summed E-state index contributed by atoms with van der Waals surface area (Å²) in [5, 5.41) is 14.3. The Morgan fingerprint density at radius 3 is 2.63 bits per heavy atom. The number of hydrogen-bond acceptors (Lipinski definition) is 4. The number of fused-ring (bicyclic) bond motifs is 1. The van der Waals surface area contributed by atoms with E-state index < -0.39 is 12.0 Å². The summed E-state index contributed by atoms with van der Waals surface area (Å²) < 4.78 is 24.8. The van der Waals surface area contributed by atoms with Crippen molar-refractivity contribution < 1.29 is 23.8 Å². The number of halogens is 2. The second kappa shape index (κ2) is 11.3. The number of aliphatic carboxylic acids is 1. The van der Waals surface area contributed by atoms with Crippen molar-refractivity contribution in [1.82, 2.24) is 10.3 Å². The average Bonchev–Trinajstić information content (AvgIpc) is 3.25. The van der Waals surface area contributed by atoms with Gasteiger partial charge >= 0.3 is 5.97 Å². The lowest BCUT2D eigenvalue weighted by atomic mass is 10.0. The third-order valence-electron chi connectivity index (χ3n) is 5.62. The molecular weight excluding hydrogens is 471 g/mol. The van der Waals surface area contributed by atoms with Gasteiger partial charge in [0.25, 0.3) is 0 Å². The summed E-state index contributed by atoms with van der Waals surface area (Å²) in [5.74, 6) is -0.411. The third kappa shape index (κ3) is 6.12. The number of aromatic nitrogens is 1. The first-order valence-corrected chi connectivity index (χ1v) is 11.7. The van der Waals surface area contributed by atoms with Crippen LogP contribution >= 0.6 is 11.6 Å². The van der Waals surface area contributed by atoms with Crippen molar-refractivity contribution in [2.24, 2.45) is 0 Å². The van der Waals surface area contributed by atoms with Crippen molar-refractivity contribution in [3.05, 3.63) is 94.4 Å². The molecule has 1 aromatic heterocycles. The SMILES string of the molecule is CCOc1cc(CN[C@@H](Cc2c[nH]c3ccccc23)C(=O)O)cc(Cl)c1OCc1ccc(F)cc1. The lowest BCUT2D eigenvalue weighted by Gasteiger charge is -2.17. The normalized spacial score (nSPS) is 12.0. The van der Waals surface area contributed by atoms with Crippen molar-refractivity contribution in [3.63, 3.8) is 0 Å². The molecule has 1 heterocycles. The highest BCUT2D eigenvalue weighted by Crippen LogP contribution is 2.37. The van der Waals surface area contributed by atoms with Crippen LogP contribution in [-0.2, 0) is 24.4 Å². The molecule has 0 bridgehead atoms. The van der Waals surface area contributed by atoms with E-state index in [2.05, 4.69) is 10.3 Å². The monoisotopic (exact) mass is 496 g/mol. The van der Waals surface area contributed by atoms with E-state index in [-0.39, 0.29) is 19.0 Å². The van der Waals surface area contributed by atoms with Gasteiger partial charge in [0.05, 0.1) is 11.6 Å². The highest BCUT2D eigenvalue weighted by atomic mass is 35.5. The van der Waals surface area contributed by atoms with Crippen molar-refractivity contribution in [1.29, 1.82) is 0 Å². The molecule has 1 atom stereocenters. The number of carboxylic acid groups (broad SMARTS) is 1. The van der Waals surface area contributed by atoms with E-state index in [0.717, 1.165) is 27.6 Å². The fourth-order valence-electron chi connectivity index (χ4n) is 3.87. The molecule has 6 nitrogen and oxygen atoms in total. The van der Waals surface area contributed by atoms with Crippen molar-refractivity contribution in [2.75, 3.05) is 6.61 Å². The molecule has 0 radical (unpaired) electrons. The Kier molecular flexibility index (Phi) is 7.90. The summed E-state index contributed by atoms with van der Waals surface area (Å²) in [7, 11) is 0. The topological polar surface area (TPSA) is 83.6 Å². The summed E-state index contributed by atoms with van der Waals surface area (Å²) in [6.45, 7) is 2.73. The largest absolute Gasteiger partial charge is 0.490 e. The lowest BCUT2D eigenvalue weighted by Crippen LogP contribution is -2.38. The molecular formula is C27H26ClFN2O4. The number of ether oxygens (including phenoxy) is 2. The van der Waals surface area contributed by atoms with Crippen LogP contribution in [0.1, 0.15) is 23.6 Å². The lowest BCUT2D eigenvalue weighted by molar-refractivity contribution is -0.139. The van der Waals surface area contributed by atoms with Gasteiger partial charge in [-0.1, -0.05) is 41.9 Å². The first kappa shape index (κ1) is 24.6. The first-order chi connectivity index (χ1) is 16.9. The second-order valence-electron chi connectivity index (χ2n) is 8.09. The van der Waals surface area contributed by atoms with Crippen LogP contribution in [0.5, 0.6) is 11.5 Å². The van der Waals surface area contributed by atoms with E-state index >= 15 is 0 Å². The smallest absolute Gasteiger partial charge is 0.321 e. The number of carboxylic acids is 1. The van der Waals surface area contributed by atoms with Crippen LogP contribution in [0.2, 0.25) is 5.02 Å². The number of benzene rings is 3. The molecule has 8 heteroatoms. The van der Waals surface area contributed by atoms with Gasteiger partial charge in [0.15, 0.2) is 11.5 Å². The van der Waals surface area contributed by atoms with Gasteiger partial charge in [-0.15, -0.1) is 0 Å². The molecule has 0 saturated heterocycles. The minimum absolute atomic E-state index is 0.198. The quantitative estimate of drug-likeness (QED) is 0.247. The third-order valence-corrected chi connectivity index (χ3v) is 5.90. The fraction of sp³-hybridized carbons (Fsp3) is 0.222. The zero-order valence-corrected chi connectivity index (χ0v) is 19.9. The number of rotatable bonds is 11. The molecule has 3 aromatic carbocycles. The molecule has 0 unspecified atom stereocenters. The average molecular weight is 497 g/mol. The van der Waals surface area contributed by atoms with E-state index in [1.54, 1.807) is 24.3 Å². The first-order valence-electron chi connectivity index (χ1n) is 11.3. The van der Waals surface area contributed by atoms with Gasteiger partial charge in [-0.3, -0.25) is 4.79 Å². The van der Waals surface area contributed by atoms with E-state index in [1.807, 2.05) is 37.4 Å². The fourth-order valence-corrected chi connectivity index (χ4v) is 4.16. The molecule has 4 aromatic rings. The summed E-state index contributed by atoms with van der Waals surface area (Å²) in [5.41, 5.74) is 3.45. The van der Waals surface area contributed by atoms with Gasteiger partial charge in [0.2, 0.25) is 0 Å². The molecule has 0 spiro atoms. The zero-order valence-electron chi connectivity index (χ0n) is 19.2. The Hall–Kier alpha value is -3.55. The number of hydrogen-bond donors (Lipinski definition) is 3. The van der Waals surface area contributed by atoms with Crippen LogP contribution in [0.4, 0.5) is 4.39 Å². The predicted octanol–water partition coefficient (Wildman–Crippen LogP) is 5.72. The summed E-state index contributed by atoms with van der Waals surface area (Å²) in [6, 6.07) is 16.5. The highest BCUT2D eigenvalue weighted by molar-refractivity contribution is 6.32. The highest BCUT2D eigenvalue weighted by Gasteiger charge is 2.20. The number of nitrogens with one attached hydrogen (secondary N) is 2. The van der Waals surface area contributed by atoms with E-state index in [4.69, 9.17) is 21.1 Å². The summed E-state index contributed by atoms with van der Waals surface area (Å²) >= 11 is 6.51. The van der Waals surface area contributed by atoms with Crippen molar-refractivity contribution >= 4 is 28.5 Å². The molecule has 35 heavy (non-hydrogen) atoms. The number of carbonyl (C=O) groups is 1. The molecule has 0 aliphatic carbocycles. The van der Waals surface area contributed by atoms with E-state index in [9.17, 15) is 14.3 Å². The van der Waals surface area contributed by atoms with Gasteiger partial charge in [-0.2, -0.15) is 0 Å². The standard InChI is InChI=1S/C27H26ClFN2O4/c1-2-34-25-12-18(11-22(28)26(25)35-16-17-7-9-20(29)10-8-17)14-30-24(27(32)33)13-19-15-31-23-6-4-3-5-21(19)23/h3-12,15,24,30-31H,2,13-14,16H2,1H3,(H,32,33)/t24-/m0/s1. The Balaban J connectivity index is 1.47. The van der Waals surface area contributed by atoms with Crippen LogP contribution in [0, 0.1) is 5.82 Å². The number of aromatic amines is 1. The molecule has 182 valence electrons. The van der Waals surface area contributed by atoms with Crippen LogP contribution < -0.4 is 14.8 Å². The molecule has 0 fully saturated rings. The maximum Gasteiger partial charge on any atom is 0.321 e. The Bertz CT molecular complexity index is 1310. The maximum atomic E-state index is 13.2. The van der Waals surface area contributed by atoms with Gasteiger partial charge in [0, 0.05) is 30.1 Å². The van der Waals surface area contributed by atoms with Crippen LogP contribution in [-0.4, -0.2) is 28.7 Å². The van der Waals surface area contributed by atoms with E-state index in [1.165, 1.54) is 12.1 Å². The van der Waals surface area contributed by atoms with Gasteiger partial charge in [-0.05, 0) is 53.9 Å². The maximum absolute atomic E-state index is 13.2. The molecule has 3 N–H and O–H groups in total. The minimum Gasteiger partial charge on any atom is -0.490 e.